The molecule has 0 aromatic heterocycles. The first kappa shape index (κ1) is 20.4. The molecule has 0 saturated heterocycles. The molecule has 0 N–H and O–H groups in total. The van der Waals surface area contributed by atoms with Gasteiger partial charge < -0.3 is 0 Å². The quantitative estimate of drug-likeness (QED) is 0.712. The molecule has 2 aliphatic heterocycles. The molecule has 1 unspecified atom stereocenters. The Labute approximate surface area is 173 Å². The summed E-state index contributed by atoms with van der Waals surface area (Å²) in [5.41, 5.74) is 3.34. The predicted octanol–water partition coefficient (Wildman–Crippen LogP) is 4.63. The second-order valence-electron chi connectivity index (χ2n) is 9.23. The van der Waals surface area contributed by atoms with Crippen molar-refractivity contribution in [2.45, 2.75) is 66.9 Å². The van der Waals surface area contributed by atoms with Crippen molar-refractivity contribution in [2.24, 2.45) is 0 Å². The maximum atomic E-state index is 13.2. The molecule has 0 spiro atoms. The van der Waals surface area contributed by atoms with Gasteiger partial charge in [0.15, 0.2) is 19.7 Å². The van der Waals surface area contributed by atoms with Crippen LogP contribution in [0.3, 0.4) is 0 Å². The molecule has 2 aromatic rings. The maximum absolute atomic E-state index is 13.2. The lowest BCUT2D eigenvalue weighted by molar-refractivity contribution is 0.564. The highest BCUT2D eigenvalue weighted by Crippen LogP contribution is 2.39. The van der Waals surface area contributed by atoms with Gasteiger partial charge in [0.1, 0.15) is 0 Å². The van der Waals surface area contributed by atoms with E-state index >= 15 is 0 Å². The Bertz CT molecular complexity index is 1230. The first-order valence-electron chi connectivity index (χ1n) is 9.84. The molecule has 4 rings (SSSR count). The minimum Gasteiger partial charge on any atom is -0.223 e. The monoisotopic (exact) mass is 430 g/mol. The standard InChI is InChI=1S/C23H26O4S2/c1-15(17-6-5-16-9-10-28(24,25)21(16)13-17)11-20-12-18-7-8-19(23(2,3)4)14-22(18)29(20,26)27/h5-10,13-15,20H,11-12H2,1-4H3/t15-,20?/m0/s1. The smallest absolute Gasteiger partial charge is 0.200 e. The van der Waals surface area contributed by atoms with Gasteiger partial charge in [0.25, 0.3) is 0 Å². The molecule has 2 atom stereocenters. The third kappa shape index (κ3) is 3.46. The van der Waals surface area contributed by atoms with Crippen molar-refractivity contribution in [3.8, 4) is 0 Å². The molecule has 2 aliphatic rings. The molecule has 0 fully saturated rings. The Balaban J connectivity index is 1.61. The third-order valence-electron chi connectivity index (χ3n) is 6.08. The highest BCUT2D eigenvalue weighted by molar-refractivity contribution is 7.94. The number of hydrogen-bond donors (Lipinski definition) is 0. The summed E-state index contributed by atoms with van der Waals surface area (Å²) in [6.07, 6.45) is 2.58. The van der Waals surface area contributed by atoms with Crippen LogP contribution >= 0.6 is 0 Å². The van der Waals surface area contributed by atoms with Crippen molar-refractivity contribution in [3.05, 3.63) is 64.1 Å². The fourth-order valence-electron chi connectivity index (χ4n) is 4.21. The summed E-state index contributed by atoms with van der Waals surface area (Å²) in [5, 5.41) is 0.738. The molecule has 2 heterocycles. The molecule has 4 nitrogen and oxygen atoms in total. The molecule has 0 saturated carbocycles. The van der Waals surface area contributed by atoms with Crippen LogP contribution in [0.25, 0.3) is 6.08 Å². The van der Waals surface area contributed by atoms with Gasteiger partial charge in [-0.25, -0.2) is 16.8 Å². The highest BCUT2D eigenvalue weighted by Gasteiger charge is 2.38. The Morgan fingerprint density at radius 1 is 1.00 bits per heavy atom. The number of fused-ring (bicyclic) bond motifs is 2. The van der Waals surface area contributed by atoms with Crippen LogP contribution in [0.5, 0.6) is 0 Å². The summed E-state index contributed by atoms with van der Waals surface area (Å²) < 4.78 is 50.7. The Morgan fingerprint density at radius 3 is 2.41 bits per heavy atom. The Kier molecular flexibility index (Phi) is 4.59. The van der Waals surface area contributed by atoms with Crippen LogP contribution in [0.1, 0.15) is 62.3 Å². The van der Waals surface area contributed by atoms with Gasteiger partial charge in [-0.2, -0.15) is 0 Å². The van der Waals surface area contributed by atoms with E-state index in [1.807, 2.05) is 31.2 Å². The van der Waals surface area contributed by atoms with Crippen LogP contribution in [-0.4, -0.2) is 22.1 Å². The third-order valence-corrected chi connectivity index (χ3v) is 9.77. The van der Waals surface area contributed by atoms with Gasteiger partial charge in [0, 0.05) is 5.41 Å². The second kappa shape index (κ2) is 6.54. The molecule has 29 heavy (non-hydrogen) atoms. The summed E-state index contributed by atoms with van der Waals surface area (Å²) in [6, 6.07) is 11.2. The first-order chi connectivity index (χ1) is 13.4. The molecular formula is C23H26O4S2. The number of hydrogen-bond acceptors (Lipinski definition) is 4. The topological polar surface area (TPSA) is 68.3 Å². The van der Waals surface area contributed by atoms with E-state index in [9.17, 15) is 16.8 Å². The zero-order chi connectivity index (χ0) is 21.2. The second-order valence-corrected chi connectivity index (χ2v) is 13.2. The molecule has 2 aromatic carbocycles. The van der Waals surface area contributed by atoms with E-state index in [2.05, 4.69) is 20.8 Å². The van der Waals surface area contributed by atoms with Crippen molar-refractivity contribution < 1.29 is 16.8 Å². The molecule has 0 bridgehead atoms. The summed E-state index contributed by atoms with van der Waals surface area (Å²) >= 11 is 0. The van der Waals surface area contributed by atoms with Gasteiger partial charge in [0.2, 0.25) is 0 Å². The summed E-state index contributed by atoms with van der Waals surface area (Å²) in [6.45, 7) is 8.20. The minimum absolute atomic E-state index is 0.0627. The molecule has 6 heteroatoms. The molecule has 0 aliphatic carbocycles. The van der Waals surface area contributed by atoms with Gasteiger partial charge in [-0.15, -0.1) is 0 Å². The van der Waals surface area contributed by atoms with Crippen LogP contribution in [0.15, 0.2) is 51.6 Å². The van der Waals surface area contributed by atoms with Crippen molar-refractivity contribution >= 4 is 25.8 Å². The minimum atomic E-state index is -3.40. The lowest BCUT2D eigenvalue weighted by atomic mass is 9.86. The summed E-state index contributed by atoms with van der Waals surface area (Å²) in [5.74, 6) is -0.0627. The Morgan fingerprint density at radius 2 is 1.72 bits per heavy atom. The molecule has 0 amide bonds. The van der Waals surface area contributed by atoms with Gasteiger partial charge in [-0.05, 0) is 64.6 Å². The van der Waals surface area contributed by atoms with E-state index in [0.29, 0.717) is 28.2 Å². The molecule has 154 valence electrons. The van der Waals surface area contributed by atoms with Crippen LogP contribution in [0.2, 0.25) is 0 Å². The van der Waals surface area contributed by atoms with Crippen LogP contribution < -0.4 is 0 Å². The maximum Gasteiger partial charge on any atom is 0.200 e. The lowest BCUT2D eigenvalue weighted by Gasteiger charge is -2.20. The number of rotatable bonds is 3. The van der Waals surface area contributed by atoms with Gasteiger partial charge >= 0.3 is 0 Å². The number of benzene rings is 2. The zero-order valence-electron chi connectivity index (χ0n) is 17.1. The van der Waals surface area contributed by atoms with E-state index in [-0.39, 0.29) is 11.3 Å². The fourth-order valence-corrected chi connectivity index (χ4v) is 7.55. The van der Waals surface area contributed by atoms with Crippen LogP contribution in [-0.2, 0) is 31.5 Å². The average Bonchev–Trinajstić information content (AvgIpc) is 3.07. The van der Waals surface area contributed by atoms with E-state index < -0.39 is 24.9 Å². The highest BCUT2D eigenvalue weighted by atomic mass is 32.2. The lowest BCUT2D eigenvalue weighted by Crippen LogP contribution is -2.20. The Hall–Kier alpha value is -1.92. The van der Waals surface area contributed by atoms with Gasteiger partial charge in [-0.1, -0.05) is 52.0 Å². The van der Waals surface area contributed by atoms with Gasteiger partial charge in [-0.3, -0.25) is 0 Å². The van der Waals surface area contributed by atoms with E-state index in [1.165, 1.54) is 5.41 Å². The van der Waals surface area contributed by atoms with Crippen molar-refractivity contribution in [1.82, 2.24) is 0 Å². The van der Waals surface area contributed by atoms with E-state index in [0.717, 1.165) is 16.7 Å². The first-order valence-corrected chi connectivity index (χ1v) is 12.9. The van der Waals surface area contributed by atoms with Gasteiger partial charge in [0.05, 0.1) is 15.0 Å². The summed E-state index contributed by atoms with van der Waals surface area (Å²) in [7, 11) is -6.77. The molecular weight excluding hydrogens is 404 g/mol. The van der Waals surface area contributed by atoms with Crippen molar-refractivity contribution in [3.63, 3.8) is 0 Å². The predicted molar refractivity (Wildman–Crippen MR) is 116 cm³/mol. The van der Waals surface area contributed by atoms with E-state index in [1.54, 1.807) is 18.2 Å². The normalized spacial score (nSPS) is 22.3. The zero-order valence-corrected chi connectivity index (χ0v) is 18.8. The summed E-state index contributed by atoms with van der Waals surface area (Å²) in [4.78, 5) is 0.775. The van der Waals surface area contributed by atoms with Crippen LogP contribution in [0.4, 0.5) is 0 Å². The van der Waals surface area contributed by atoms with Crippen molar-refractivity contribution in [1.29, 1.82) is 0 Å². The number of sulfone groups is 2. The average molecular weight is 431 g/mol. The molecule has 0 radical (unpaired) electrons. The van der Waals surface area contributed by atoms with Crippen LogP contribution in [0, 0.1) is 0 Å². The van der Waals surface area contributed by atoms with Crippen molar-refractivity contribution in [2.75, 3.05) is 0 Å². The van der Waals surface area contributed by atoms with E-state index in [4.69, 9.17) is 0 Å². The SMILES string of the molecule is C[C@@H](CC1Cc2ccc(C(C)(C)C)cc2S1(=O)=O)c1ccc2c(c1)S(=O)(=O)C=C2. The largest absolute Gasteiger partial charge is 0.223 e. The fraction of sp³-hybridized carbons (Fsp3) is 0.391.